The van der Waals surface area contributed by atoms with Crippen molar-refractivity contribution in [3.05, 3.63) is 4.88 Å². The van der Waals surface area contributed by atoms with Crippen LogP contribution in [-0.4, -0.2) is 30.0 Å². The minimum absolute atomic E-state index is 0.109. The van der Waals surface area contributed by atoms with Gasteiger partial charge in [0, 0.05) is 19.1 Å². The molecule has 0 saturated carbocycles. The van der Waals surface area contributed by atoms with Gasteiger partial charge in [0.2, 0.25) is 0 Å². The molecular formula is C13H24N4OS. The van der Waals surface area contributed by atoms with Crippen LogP contribution in [0.2, 0.25) is 0 Å². The van der Waals surface area contributed by atoms with Crippen LogP contribution in [0.5, 0.6) is 0 Å². The van der Waals surface area contributed by atoms with E-state index in [1.54, 1.807) is 0 Å². The first-order chi connectivity index (χ1) is 9.07. The largest absolute Gasteiger partial charge is 0.382 e. The molecule has 0 aliphatic rings. The number of hydrogen-bond donors (Lipinski definition) is 2. The number of nitrogen functional groups attached to an aromatic ring is 1. The highest BCUT2D eigenvalue weighted by Gasteiger charge is 2.19. The fraction of sp³-hybridized carbons (Fsp3) is 0.692. The fourth-order valence-corrected chi connectivity index (χ4v) is 2.87. The lowest BCUT2D eigenvalue weighted by molar-refractivity contribution is 0.0939. The molecule has 0 saturated heterocycles. The van der Waals surface area contributed by atoms with E-state index in [2.05, 4.69) is 42.9 Å². The van der Waals surface area contributed by atoms with Crippen molar-refractivity contribution in [2.24, 2.45) is 0 Å². The van der Waals surface area contributed by atoms with Crippen LogP contribution in [0.1, 0.15) is 50.2 Å². The molecule has 0 unspecified atom stereocenters. The number of carbonyl (C=O) groups is 1. The highest BCUT2D eigenvalue weighted by molar-refractivity contribution is 7.18. The first kappa shape index (κ1) is 15.8. The van der Waals surface area contributed by atoms with Crippen molar-refractivity contribution < 1.29 is 4.79 Å². The molecule has 3 N–H and O–H groups in total. The summed E-state index contributed by atoms with van der Waals surface area (Å²) in [4.78, 5) is 19.1. The van der Waals surface area contributed by atoms with Gasteiger partial charge >= 0.3 is 0 Å². The lowest BCUT2D eigenvalue weighted by Gasteiger charge is -2.16. The van der Waals surface area contributed by atoms with Crippen molar-refractivity contribution in [2.75, 3.05) is 23.7 Å². The van der Waals surface area contributed by atoms with Crippen molar-refractivity contribution in [1.29, 1.82) is 0 Å². The summed E-state index contributed by atoms with van der Waals surface area (Å²) in [5.74, 6) is 0.220. The summed E-state index contributed by atoms with van der Waals surface area (Å²) < 4.78 is 0. The maximum atomic E-state index is 12.2. The quantitative estimate of drug-likeness (QED) is 0.807. The topological polar surface area (TPSA) is 71.2 Å². The lowest BCUT2D eigenvalue weighted by atomic mass is 10.2. The van der Waals surface area contributed by atoms with Crippen LogP contribution in [0.25, 0.3) is 0 Å². The van der Waals surface area contributed by atoms with Crippen LogP contribution in [0.4, 0.5) is 10.9 Å². The second-order valence-corrected chi connectivity index (χ2v) is 5.35. The number of nitrogens with one attached hydrogen (secondary N) is 1. The third kappa shape index (κ3) is 3.83. The van der Waals surface area contributed by atoms with Crippen LogP contribution in [0.15, 0.2) is 0 Å². The van der Waals surface area contributed by atoms with Crippen molar-refractivity contribution in [3.63, 3.8) is 0 Å². The minimum Gasteiger partial charge on any atom is -0.382 e. The van der Waals surface area contributed by atoms with Crippen LogP contribution >= 0.6 is 11.3 Å². The Morgan fingerprint density at radius 1 is 1.32 bits per heavy atom. The zero-order valence-corrected chi connectivity index (χ0v) is 13.0. The van der Waals surface area contributed by atoms with E-state index < -0.39 is 0 Å². The average molecular weight is 284 g/mol. The molecule has 0 aliphatic carbocycles. The molecule has 0 radical (unpaired) electrons. The van der Waals surface area contributed by atoms with Gasteiger partial charge in [0.1, 0.15) is 10.7 Å². The Hall–Kier alpha value is -1.30. The van der Waals surface area contributed by atoms with Crippen molar-refractivity contribution in [3.8, 4) is 0 Å². The number of rotatable bonds is 7. The van der Waals surface area contributed by atoms with E-state index in [0.717, 1.165) is 31.1 Å². The van der Waals surface area contributed by atoms with Crippen LogP contribution in [0, 0.1) is 0 Å². The number of amides is 1. The Bertz CT molecular complexity index is 411. The van der Waals surface area contributed by atoms with E-state index >= 15 is 0 Å². The highest BCUT2D eigenvalue weighted by Crippen LogP contribution is 2.28. The first-order valence-electron chi connectivity index (χ1n) is 6.89. The third-order valence-corrected chi connectivity index (χ3v) is 4.33. The molecule has 1 rings (SSSR count). The molecule has 5 nitrogen and oxygen atoms in total. The van der Waals surface area contributed by atoms with Gasteiger partial charge in [-0.25, -0.2) is 4.98 Å². The number of nitrogens with zero attached hydrogens (tertiary/aromatic N) is 2. The zero-order valence-electron chi connectivity index (χ0n) is 12.2. The standard InChI is InChI=1S/C13H24N4OS/c1-5-9(6-2)15-12(18)10-11(14)16-13(19-10)17(7-3)8-4/h9H,5-8,14H2,1-4H3,(H,15,18). The Kier molecular flexibility index (Phi) is 6.08. The van der Waals surface area contributed by atoms with Gasteiger partial charge in [-0.15, -0.1) is 0 Å². The van der Waals surface area contributed by atoms with Gasteiger partial charge in [0.05, 0.1) is 0 Å². The molecule has 0 aliphatic heterocycles. The van der Waals surface area contributed by atoms with Gasteiger partial charge < -0.3 is 16.0 Å². The normalized spacial score (nSPS) is 10.8. The summed E-state index contributed by atoms with van der Waals surface area (Å²) >= 11 is 1.37. The number of aromatic nitrogens is 1. The van der Waals surface area contributed by atoms with Gasteiger partial charge in [-0.1, -0.05) is 25.2 Å². The molecule has 1 aromatic heterocycles. The molecule has 108 valence electrons. The summed E-state index contributed by atoms with van der Waals surface area (Å²) in [7, 11) is 0. The van der Waals surface area contributed by atoms with Crippen LogP contribution in [0.3, 0.4) is 0 Å². The number of hydrogen-bond acceptors (Lipinski definition) is 5. The lowest BCUT2D eigenvalue weighted by Crippen LogP contribution is -2.33. The molecule has 0 spiro atoms. The Morgan fingerprint density at radius 2 is 1.89 bits per heavy atom. The highest BCUT2D eigenvalue weighted by atomic mass is 32.1. The van der Waals surface area contributed by atoms with Gasteiger partial charge in [-0.3, -0.25) is 4.79 Å². The Labute approximate surface area is 119 Å². The van der Waals surface area contributed by atoms with Gasteiger partial charge in [0.25, 0.3) is 5.91 Å². The smallest absolute Gasteiger partial charge is 0.265 e. The van der Waals surface area contributed by atoms with Gasteiger partial charge in [-0.2, -0.15) is 0 Å². The van der Waals surface area contributed by atoms with Gasteiger partial charge in [-0.05, 0) is 26.7 Å². The van der Waals surface area contributed by atoms with E-state index in [4.69, 9.17) is 5.73 Å². The third-order valence-electron chi connectivity index (χ3n) is 3.20. The van der Waals surface area contributed by atoms with Crippen molar-refractivity contribution in [2.45, 2.75) is 46.6 Å². The monoisotopic (exact) mass is 284 g/mol. The SMILES string of the molecule is CCC(CC)NC(=O)c1sc(N(CC)CC)nc1N. The van der Waals surface area contributed by atoms with E-state index in [1.165, 1.54) is 11.3 Å². The fourth-order valence-electron chi connectivity index (χ4n) is 1.86. The maximum absolute atomic E-state index is 12.2. The van der Waals surface area contributed by atoms with Crippen molar-refractivity contribution >= 4 is 28.2 Å². The van der Waals surface area contributed by atoms with Crippen molar-refractivity contribution in [1.82, 2.24) is 10.3 Å². The number of nitrogens with two attached hydrogens (primary N) is 1. The number of thiazole rings is 1. The van der Waals surface area contributed by atoms with Gasteiger partial charge in [0.15, 0.2) is 5.13 Å². The molecule has 0 bridgehead atoms. The molecule has 19 heavy (non-hydrogen) atoms. The van der Waals surface area contributed by atoms with E-state index in [0.29, 0.717) is 10.7 Å². The average Bonchev–Trinajstić information content (AvgIpc) is 2.79. The summed E-state index contributed by atoms with van der Waals surface area (Å²) in [6.45, 7) is 9.96. The maximum Gasteiger partial charge on any atom is 0.265 e. The second-order valence-electron chi connectivity index (χ2n) is 4.37. The predicted octanol–water partition coefficient (Wildman–Crippen LogP) is 2.49. The first-order valence-corrected chi connectivity index (χ1v) is 7.70. The summed E-state index contributed by atoms with van der Waals surface area (Å²) in [5.41, 5.74) is 5.86. The molecular weight excluding hydrogens is 260 g/mol. The Morgan fingerprint density at radius 3 is 2.37 bits per heavy atom. The predicted molar refractivity (Wildman–Crippen MR) is 81.9 cm³/mol. The summed E-state index contributed by atoms with van der Waals surface area (Å²) in [6, 6.07) is 0.200. The summed E-state index contributed by atoms with van der Waals surface area (Å²) in [5, 5.41) is 3.81. The molecule has 0 aromatic carbocycles. The van der Waals surface area contributed by atoms with E-state index in [9.17, 15) is 4.79 Å². The molecule has 6 heteroatoms. The van der Waals surface area contributed by atoms with Crippen LogP contribution in [-0.2, 0) is 0 Å². The minimum atomic E-state index is -0.109. The molecule has 0 fully saturated rings. The van der Waals surface area contributed by atoms with E-state index in [1.807, 2.05) is 0 Å². The second kappa shape index (κ2) is 7.33. The summed E-state index contributed by atoms with van der Waals surface area (Å²) in [6.07, 6.45) is 1.84. The molecule has 0 atom stereocenters. The molecule has 1 aromatic rings. The van der Waals surface area contributed by atoms with Crippen LogP contribution < -0.4 is 16.0 Å². The zero-order chi connectivity index (χ0) is 14.4. The number of anilines is 2. The molecule has 1 amide bonds. The molecule has 1 heterocycles. The number of carbonyl (C=O) groups excluding carboxylic acids is 1. The Balaban J connectivity index is 2.86. The van der Waals surface area contributed by atoms with E-state index in [-0.39, 0.29) is 11.9 Å².